The fourth-order valence-corrected chi connectivity index (χ4v) is 2.41. The van der Waals surface area contributed by atoms with Crippen molar-refractivity contribution in [3.05, 3.63) is 58.0 Å². The first-order valence-corrected chi connectivity index (χ1v) is 7.88. The van der Waals surface area contributed by atoms with Crippen LogP contribution in [0.15, 0.2) is 41.2 Å². The molecule has 7 heteroatoms. The highest BCUT2D eigenvalue weighted by Crippen LogP contribution is 2.16. The van der Waals surface area contributed by atoms with E-state index in [-0.39, 0.29) is 23.3 Å². The maximum atomic E-state index is 11.9. The van der Waals surface area contributed by atoms with E-state index in [9.17, 15) is 9.59 Å². The molecule has 0 spiro atoms. The molecule has 1 atom stereocenters. The van der Waals surface area contributed by atoms with Crippen LogP contribution < -0.4 is 15.6 Å². The molecule has 1 amide bonds. The summed E-state index contributed by atoms with van der Waals surface area (Å²) in [7, 11) is 0. The van der Waals surface area contributed by atoms with Crippen LogP contribution in [0, 0.1) is 0 Å². The van der Waals surface area contributed by atoms with Gasteiger partial charge in [-0.3, -0.25) is 9.59 Å². The zero-order valence-electron chi connectivity index (χ0n) is 13.2. The lowest BCUT2D eigenvalue weighted by Gasteiger charge is -2.12. The molecule has 1 aliphatic heterocycles. The average molecular weight is 329 g/mol. The Hall–Kier alpha value is -2.67. The summed E-state index contributed by atoms with van der Waals surface area (Å²) in [6.45, 7) is 1.75. The smallest absolute Gasteiger partial charge is 0.271 e. The summed E-state index contributed by atoms with van der Waals surface area (Å²) in [5, 5.41) is 8.66. The molecule has 2 N–H and O–H groups in total. The molecule has 1 saturated heterocycles. The maximum absolute atomic E-state index is 11.9. The summed E-state index contributed by atoms with van der Waals surface area (Å²) in [5.41, 5.74) is 0.772. The maximum Gasteiger partial charge on any atom is 0.271 e. The molecular formula is C17H19N3O4. The van der Waals surface area contributed by atoms with Crippen LogP contribution in [0.25, 0.3) is 0 Å². The Bertz CT molecular complexity index is 716. The van der Waals surface area contributed by atoms with Gasteiger partial charge >= 0.3 is 0 Å². The van der Waals surface area contributed by atoms with E-state index >= 15 is 0 Å². The number of aromatic amines is 1. The second-order valence-electron chi connectivity index (χ2n) is 5.58. The predicted octanol–water partition coefficient (Wildman–Crippen LogP) is 1.26. The molecule has 1 fully saturated rings. The number of ether oxygens (including phenoxy) is 2. The third-order valence-corrected chi connectivity index (χ3v) is 3.75. The molecule has 2 heterocycles. The lowest BCUT2D eigenvalue weighted by Crippen LogP contribution is -2.25. The molecule has 1 aromatic carbocycles. The van der Waals surface area contributed by atoms with Crippen molar-refractivity contribution in [1.29, 1.82) is 0 Å². The van der Waals surface area contributed by atoms with Gasteiger partial charge in [0.15, 0.2) is 0 Å². The molecule has 126 valence electrons. The van der Waals surface area contributed by atoms with Crippen LogP contribution in [0.2, 0.25) is 0 Å². The third-order valence-electron chi connectivity index (χ3n) is 3.75. The topological polar surface area (TPSA) is 93.3 Å². The van der Waals surface area contributed by atoms with Gasteiger partial charge in [0.1, 0.15) is 18.1 Å². The van der Waals surface area contributed by atoms with E-state index in [2.05, 4.69) is 15.5 Å². The summed E-state index contributed by atoms with van der Waals surface area (Å²) in [6, 6.07) is 10.2. The number of rotatable bonds is 6. The molecule has 0 radical (unpaired) electrons. The van der Waals surface area contributed by atoms with E-state index < -0.39 is 0 Å². The number of carbonyl (C=O) groups excluding carboxylic acids is 1. The van der Waals surface area contributed by atoms with Crippen molar-refractivity contribution in [3.63, 3.8) is 0 Å². The Labute approximate surface area is 139 Å². The van der Waals surface area contributed by atoms with E-state index in [0.29, 0.717) is 13.2 Å². The van der Waals surface area contributed by atoms with Crippen molar-refractivity contribution in [2.75, 3.05) is 13.2 Å². The fourth-order valence-electron chi connectivity index (χ4n) is 2.41. The zero-order chi connectivity index (χ0) is 16.8. The third kappa shape index (κ3) is 4.42. The average Bonchev–Trinajstić information content (AvgIpc) is 3.13. The Morgan fingerprint density at radius 3 is 2.79 bits per heavy atom. The minimum Gasteiger partial charge on any atom is -0.491 e. The highest BCUT2D eigenvalue weighted by molar-refractivity contribution is 5.91. The summed E-state index contributed by atoms with van der Waals surface area (Å²) < 4.78 is 11.2. The van der Waals surface area contributed by atoms with E-state index in [1.54, 1.807) is 0 Å². The molecule has 7 nitrogen and oxygen atoms in total. The van der Waals surface area contributed by atoms with E-state index in [0.717, 1.165) is 30.8 Å². The van der Waals surface area contributed by atoms with Crippen molar-refractivity contribution < 1.29 is 14.3 Å². The first-order valence-electron chi connectivity index (χ1n) is 7.88. The van der Waals surface area contributed by atoms with Gasteiger partial charge in [-0.1, -0.05) is 12.1 Å². The quantitative estimate of drug-likeness (QED) is 0.832. The highest BCUT2D eigenvalue weighted by atomic mass is 16.5. The normalized spacial score (nSPS) is 16.8. The molecule has 3 rings (SSSR count). The lowest BCUT2D eigenvalue weighted by atomic mass is 10.2. The number of carbonyl (C=O) groups is 1. The molecule has 0 bridgehead atoms. The summed E-state index contributed by atoms with van der Waals surface area (Å²) in [6.07, 6.45) is 2.33. The number of aromatic nitrogens is 2. The Morgan fingerprint density at radius 2 is 2.12 bits per heavy atom. The van der Waals surface area contributed by atoms with Gasteiger partial charge in [0, 0.05) is 19.2 Å². The monoisotopic (exact) mass is 329 g/mol. The van der Waals surface area contributed by atoms with Gasteiger partial charge in [0.2, 0.25) is 0 Å². The zero-order valence-corrected chi connectivity index (χ0v) is 13.2. The fraction of sp³-hybridized carbons (Fsp3) is 0.353. The lowest BCUT2D eigenvalue weighted by molar-refractivity contribution is 0.0679. The summed E-state index contributed by atoms with van der Waals surface area (Å²) in [4.78, 5) is 22.8. The first-order chi connectivity index (χ1) is 11.7. The van der Waals surface area contributed by atoms with Crippen LogP contribution in [0.4, 0.5) is 0 Å². The SMILES string of the molecule is O=C(NCc1ccc(OC[C@H]2CCCO2)cc1)c1ccc(=O)[nH]n1. The molecule has 0 saturated carbocycles. The van der Waals surface area contributed by atoms with Gasteiger partial charge in [-0.2, -0.15) is 5.10 Å². The van der Waals surface area contributed by atoms with Crippen LogP contribution in [0.3, 0.4) is 0 Å². The van der Waals surface area contributed by atoms with Crippen molar-refractivity contribution in [2.24, 2.45) is 0 Å². The van der Waals surface area contributed by atoms with Gasteiger partial charge in [0.25, 0.3) is 11.5 Å². The molecule has 24 heavy (non-hydrogen) atoms. The van der Waals surface area contributed by atoms with Crippen LogP contribution in [-0.4, -0.2) is 35.4 Å². The Balaban J connectivity index is 1.47. The standard InChI is InChI=1S/C17H19N3O4/c21-16-8-7-15(19-20-16)17(22)18-10-12-3-5-13(6-4-12)24-11-14-2-1-9-23-14/h3-8,14H,1-2,9-11H2,(H,18,22)(H,20,21)/t14-/m1/s1. The minimum absolute atomic E-state index is 0.172. The number of benzene rings is 1. The van der Waals surface area contributed by atoms with Crippen molar-refractivity contribution in [2.45, 2.75) is 25.5 Å². The number of nitrogens with zero attached hydrogens (tertiary/aromatic N) is 1. The Morgan fingerprint density at radius 1 is 1.29 bits per heavy atom. The van der Waals surface area contributed by atoms with Crippen molar-refractivity contribution in [1.82, 2.24) is 15.5 Å². The van der Waals surface area contributed by atoms with E-state index in [1.807, 2.05) is 24.3 Å². The molecule has 1 aromatic heterocycles. The number of H-pyrrole nitrogens is 1. The highest BCUT2D eigenvalue weighted by Gasteiger charge is 2.15. The summed E-state index contributed by atoms with van der Waals surface area (Å²) >= 11 is 0. The van der Waals surface area contributed by atoms with Crippen molar-refractivity contribution in [3.8, 4) is 5.75 Å². The molecule has 0 unspecified atom stereocenters. The summed E-state index contributed by atoms with van der Waals surface area (Å²) in [5.74, 6) is 0.438. The van der Waals surface area contributed by atoms with Crippen LogP contribution in [0.1, 0.15) is 28.9 Å². The van der Waals surface area contributed by atoms with Gasteiger partial charge in [-0.05, 0) is 36.6 Å². The van der Waals surface area contributed by atoms with Crippen LogP contribution in [0.5, 0.6) is 5.75 Å². The second kappa shape index (κ2) is 7.74. The largest absolute Gasteiger partial charge is 0.491 e. The molecule has 1 aliphatic rings. The number of hydrogen-bond donors (Lipinski definition) is 2. The number of amides is 1. The van der Waals surface area contributed by atoms with E-state index in [4.69, 9.17) is 9.47 Å². The van der Waals surface area contributed by atoms with Gasteiger partial charge < -0.3 is 14.8 Å². The van der Waals surface area contributed by atoms with E-state index in [1.165, 1.54) is 12.1 Å². The van der Waals surface area contributed by atoms with Gasteiger partial charge in [-0.25, -0.2) is 5.10 Å². The number of hydrogen-bond acceptors (Lipinski definition) is 5. The van der Waals surface area contributed by atoms with Crippen LogP contribution >= 0.6 is 0 Å². The van der Waals surface area contributed by atoms with Crippen molar-refractivity contribution >= 4 is 5.91 Å². The van der Waals surface area contributed by atoms with Crippen LogP contribution in [-0.2, 0) is 11.3 Å². The second-order valence-corrected chi connectivity index (χ2v) is 5.58. The first kappa shape index (κ1) is 16.2. The number of nitrogens with one attached hydrogen (secondary N) is 2. The minimum atomic E-state index is -0.343. The van der Waals surface area contributed by atoms with Gasteiger partial charge in [0.05, 0.1) is 6.10 Å². The molecular weight excluding hydrogens is 310 g/mol. The predicted molar refractivity (Wildman–Crippen MR) is 86.9 cm³/mol. The molecule has 0 aliphatic carbocycles. The molecule has 2 aromatic rings. The van der Waals surface area contributed by atoms with Gasteiger partial charge in [-0.15, -0.1) is 0 Å². The Kier molecular flexibility index (Phi) is 5.22.